The maximum atomic E-state index is 9.32. The highest BCUT2D eigenvalue weighted by molar-refractivity contribution is 5.32. The first-order chi connectivity index (χ1) is 13.2. The summed E-state index contributed by atoms with van der Waals surface area (Å²) in [7, 11) is 1.75. The third-order valence-electron chi connectivity index (χ3n) is 5.21. The molecule has 27 heavy (non-hydrogen) atoms. The lowest BCUT2D eigenvalue weighted by molar-refractivity contribution is 0.406. The van der Waals surface area contributed by atoms with Gasteiger partial charge in [-0.05, 0) is 42.7 Å². The van der Waals surface area contributed by atoms with Crippen molar-refractivity contribution < 1.29 is 0 Å². The number of benzene rings is 2. The third-order valence-corrected chi connectivity index (χ3v) is 5.21. The van der Waals surface area contributed by atoms with E-state index in [0.29, 0.717) is 11.8 Å². The quantitative estimate of drug-likeness (QED) is 0.438. The normalized spacial score (nSPS) is 13.8. The van der Waals surface area contributed by atoms with E-state index in [1.54, 1.807) is 7.05 Å². The first kappa shape index (κ1) is 20.8. The molecule has 2 unspecified atom stereocenters. The van der Waals surface area contributed by atoms with Crippen LogP contribution in [-0.4, -0.2) is 13.1 Å². The molecule has 0 aliphatic heterocycles. The number of azo groups is 1. The molecule has 0 aliphatic carbocycles. The van der Waals surface area contributed by atoms with E-state index < -0.39 is 0 Å². The van der Waals surface area contributed by atoms with Crippen molar-refractivity contribution in [2.45, 2.75) is 51.5 Å². The molecule has 2 rings (SSSR count). The topological polar surface area (TPSA) is 48.5 Å². The zero-order valence-electron chi connectivity index (χ0n) is 16.8. The Labute approximate surface area is 164 Å². The van der Waals surface area contributed by atoms with E-state index in [2.05, 4.69) is 90.8 Å². The molecule has 0 saturated carbocycles. The lowest BCUT2D eigenvalue weighted by atomic mass is 9.84. The molecule has 142 valence electrons. The van der Waals surface area contributed by atoms with Gasteiger partial charge in [-0.2, -0.15) is 15.5 Å². The van der Waals surface area contributed by atoms with E-state index in [9.17, 15) is 5.26 Å². The zero-order valence-corrected chi connectivity index (χ0v) is 16.8. The molecule has 0 fully saturated rings. The van der Waals surface area contributed by atoms with Crippen molar-refractivity contribution in [1.82, 2.24) is 0 Å². The molecule has 2 aromatic rings. The van der Waals surface area contributed by atoms with Crippen LogP contribution in [0.3, 0.4) is 0 Å². The van der Waals surface area contributed by atoms with Gasteiger partial charge in [0.1, 0.15) is 0 Å². The van der Waals surface area contributed by atoms with E-state index in [4.69, 9.17) is 0 Å². The van der Waals surface area contributed by atoms with Gasteiger partial charge in [0, 0.05) is 18.9 Å². The molecule has 0 spiro atoms. The molecule has 0 heterocycles. The molecule has 2 atom stereocenters. The molecule has 2 aromatic carbocycles. The summed E-state index contributed by atoms with van der Waals surface area (Å²) in [6, 6.07) is 23.9. The van der Waals surface area contributed by atoms with Gasteiger partial charge in [0.15, 0.2) is 0 Å². The largest absolute Gasteiger partial charge is 0.198 e. The van der Waals surface area contributed by atoms with E-state index in [0.717, 1.165) is 25.7 Å². The summed E-state index contributed by atoms with van der Waals surface area (Å²) in [4.78, 5) is 0. The highest BCUT2D eigenvalue weighted by Crippen LogP contribution is 2.31. The Morgan fingerprint density at radius 1 is 0.889 bits per heavy atom. The van der Waals surface area contributed by atoms with Gasteiger partial charge >= 0.3 is 0 Å². The van der Waals surface area contributed by atoms with E-state index in [1.165, 1.54) is 11.1 Å². The predicted octanol–water partition coefficient (Wildman–Crippen LogP) is 6.63. The van der Waals surface area contributed by atoms with Crippen LogP contribution in [0.25, 0.3) is 0 Å². The highest BCUT2D eigenvalue weighted by Gasteiger charge is 2.20. The van der Waals surface area contributed by atoms with E-state index in [-0.39, 0.29) is 12.0 Å². The Hall–Kier alpha value is -2.47. The van der Waals surface area contributed by atoms with Gasteiger partial charge in [0.25, 0.3) is 0 Å². The van der Waals surface area contributed by atoms with Crippen molar-refractivity contribution in [3.05, 3.63) is 71.8 Å². The van der Waals surface area contributed by atoms with Gasteiger partial charge in [0.05, 0.1) is 12.1 Å². The van der Waals surface area contributed by atoms with E-state index >= 15 is 0 Å². The predicted molar refractivity (Wildman–Crippen MR) is 112 cm³/mol. The van der Waals surface area contributed by atoms with Crippen LogP contribution in [-0.2, 0) is 0 Å². The Bertz CT molecular complexity index is 677. The van der Waals surface area contributed by atoms with E-state index in [1.807, 2.05) is 0 Å². The molecule has 0 bridgehead atoms. The Kier molecular flexibility index (Phi) is 8.71. The number of hydrogen-bond acceptors (Lipinski definition) is 3. The van der Waals surface area contributed by atoms with Gasteiger partial charge in [-0.25, -0.2) is 0 Å². The minimum Gasteiger partial charge on any atom is -0.198 e. The van der Waals surface area contributed by atoms with Gasteiger partial charge in [0.2, 0.25) is 0 Å². The fraction of sp³-hybridized carbons (Fsp3) is 0.458. The second-order valence-electron chi connectivity index (χ2n) is 7.49. The van der Waals surface area contributed by atoms with Crippen LogP contribution in [0, 0.1) is 23.2 Å². The first-order valence-corrected chi connectivity index (χ1v) is 9.94. The van der Waals surface area contributed by atoms with Crippen molar-refractivity contribution in [2.75, 3.05) is 7.05 Å². The van der Waals surface area contributed by atoms with Gasteiger partial charge < -0.3 is 0 Å². The lowest BCUT2D eigenvalue weighted by Crippen LogP contribution is -2.13. The summed E-state index contributed by atoms with van der Waals surface area (Å²) in [5.41, 5.74) is 2.63. The number of hydrogen-bond donors (Lipinski definition) is 0. The summed E-state index contributed by atoms with van der Waals surface area (Å²) < 4.78 is 0. The summed E-state index contributed by atoms with van der Waals surface area (Å²) >= 11 is 0. The smallest absolute Gasteiger partial charge is 0.0717 e. The monoisotopic (exact) mass is 361 g/mol. The molecule has 0 aromatic heterocycles. The minimum atomic E-state index is 0.128. The SMILES string of the molecule is CN=NC(CCCC(C#N)C(C)C)CC(c1ccccc1)c1ccccc1. The van der Waals surface area contributed by atoms with Crippen LogP contribution >= 0.6 is 0 Å². The average molecular weight is 362 g/mol. The second-order valence-corrected chi connectivity index (χ2v) is 7.49. The van der Waals surface area contributed by atoms with Crippen molar-refractivity contribution >= 4 is 0 Å². The fourth-order valence-corrected chi connectivity index (χ4v) is 3.61. The average Bonchev–Trinajstić information content (AvgIpc) is 2.70. The van der Waals surface area contributed by atoms with Gasteiger partial charge in [-0.1, -0.05) is 74.5 Å². The number of nitrogens with zero attached hydrogens (tertiary/aromatic N) is 3. The summed E-state index contributed by atoms with van der Waals surface area (Å²) in [5, 5.41) is 17.9. The molecule has 0 amide bonds. The van der Waals surface area contributed by atoms with Crippen molar-refractivity contribution in [3.8, 4) is 6.07 Å². The Balaban J connectivity index is 2.11. The molecule has 0 saturated heterocycles. The van der Waals surface area contributed by atoms with Crippen molar-refractivity contribution in [3.63, 3.8) is 0 Å². The third kappa shape index (κ3) is 6.64. The minimum absolute atomic E-state index is 0.128. The standard InChI is InChI=1S/C24H31N3/c1-19(2)22(18-25)15-10-16-23(27-26-3)17-24(20-11-6-4-7-12-20)21-13-8-5-9-14-21/h4-9,11-14,19,22-24H,10,15-17H2,1-3H3. The number of nitriles is 1. The summed E-state index contributed by atoms with van der Waals surface area (Å²) in [5.74, 6) is 0.839. The second kappa shape index (κ2) is 11.3. The van der Waals surface area contributed by atoms with Crippen LogP contribution in [0.15, 0.2) is 70.9 Å². The Morgan fingerprint density at radius 2 is 1.44 bits per heavy atom. The van der Waals surface area contributed by atoms with Crippen molar-refractivity contribution in [2.24, 2.45) is 22.1 Å². The molecular weight excluding hydrogens is 330 g/mol. The van der Waals surface area contributed by atoms with Crippen LogP contribution in [0.4, 0.5) is 0 Å². The van der Waals surface area contributed by atoms with Gasteiger partial charge in [-0.15, -0.1) is 0 Å². The number of rotatable bonds is 10. The molecule has 0 aliphatic rings. The summed E-state index contributed by atoms with van der Waals surface area (Å²) in [6.07, 6.45) is 3.85. The zero-order chi connectivity index (χ0) is 19.5. The summed E-state index contributed by atoms with van der Waals surface area (Å²) in [6.45, 7) is 4.25. The molecule has 0 radical (unpaired) electrons. The Morgan fingerprint density at radius 3 is 1.89 bits per heavy atom. The highest BCUT2D eigenvalue weighted by atomic mass is 15.1. The van der Waals surface area contributed by atoms with Crippen LogP contribution in [0.2, 0.25) is 0 Å². The molecule has 3 nitrogen and oxygen atoms in total. The molecular formula is C24H31N3. The molecule has 3 heteroatoms. The van der Waals surface area contributed by atoms with Gasteiger partial charge in [-0.3, -0.25) is 0 Å². The van der Waals surface area contributed by atoms with Crippen LogP contribution in [0.5, 0.6) is 0 Å². The lowest BCUT2D eigenvalue weighted by Gasteiger charge is -2.22. The maximum Gasteiger partial charge on any atom is 0.0717 e. The van der Waals surface area contributed by atoms with Crippen LogP contribution in [0.1, 0.15) is 56.6 Å². The van der Waals surface area contributed by atoms with Crippen molar-refractivity contribution in [1.29, 1.82) is 5.26 Å². The first-order valence-electron chi connectivity index (χ1n) is 9.94. The van der Waals surface area contributed by atoms with Crippen LogP contribution < -0.4 is 0 Å². The molecule has 0 N–H and O–H groups in total. The maximum absolute atomic E-state index is 9.32. The fourth-order valence-electron chi connectivity index (χ4n) is 3.61.